The van der Waals surface area contributed by atoms with Crippen LogP contribution < -0.4 is 0 Å². The summed E-state index contributed by atoms with van der Waals surface area (Å²) in [4.78, 5) is 14.8. The van der Waals surface area contributed by atoms with Crippen molar-refractivity contribution in [2.45, 2.75) is 0 Å². The van der Waals surface area contributed by atoms with Crippen LogP contribution in [0.15, 0.2) is 124 Å². The van der Waals surface area contributed by atoms with Crippen LogP contribution >= 0.6 is 0 Å². The zero-order valence-electron chi connectivity index (χ0n) is 20.1. The zero-order chi connectivity index (χ0) is 25.1. The van der Waals surface area contributed by atoms with Gasteiger partial charge in [0.25, 0.3) is 0 Å². The van der Waals surface area contributed by atoms with Crippen molar-refractivity contribution in [3.63, 3.8) is 0 Å². The van der Waals surface area contributed by atoms with Gasteiger partial charge in [-0.1, -0.05) is 66.7 Å². The Morgan fingerprint density at radius 1 is 0.342 bits per heavy atom. The van der Waals surface area contributed by atoms with Gasteiger partial charge >= 0.3 is 0 Å². The molecule has 5 nitrogen and oxygen atoms in total. The summed E-state index contributed by atoms with van der Waals surface area (Å²) in [6.07, 6.45) is 0. The average molecular weight is 490 g/mol. The van der Waals surface area contributed by atoms with Crippen molar-refractivity contribution in [2.75, 3.05) is 0 Å². The third-order valence-corrected chi connectivity index (χ3v) is 6.94. The van der Waals surface area contributed by atoms with Gasteiger partial charge in [-0.2, -0.15) is 0 Å². The number of hydrogen-bond donors (Lipinski definition) is 0. The van der Waals surface area contributed by atoms with Gasteiger partial charge in [-0.05, 0) is 48.5 Å². The second-order valence-electron chi connectivity index (χ2n) is 9.29. The molecule has 3 heterocycles. The lowest BCUT2D eigenvalue weighted by Gasteiger charge is -2.08. The number of aromatic nitrogens is 3. The van der Waals surface area contributed by atoms with E-state index in [1.165, 1.54) is 0 Å². The van der Waals surface area contributed by atoms with Crippen molar-refractivity contribution in [1.82, 2.24) is 15.0 Å². The zero-order valence-corrected chi connectivity index (χ0v) is 20.1. The van der Waals surface area contributed by atoms with Gasteiger partial charge in [-0.3, -0.25) is 0 Å². The summed E-state index contributed by atoms with van der Waals surface area (Å²) in [5, 5.41) is 4.21. The molecule has 0 aliphatic heterocycles. The van der Waals surface area contributed by atoms with Crippen LogP contribution in [-0.4, -0.2) is 15.0 Å². The average Bonchev–Trinajstić information content (AvgIpc) is 3.55. The Bertz CT molecular complexity index is 2010. The van der Waals surface area contributed by atoms with E-state index in [1.54, 1.807) is 0 Å². The Labute approximate surface area is 217 Å². The third-order valence-electron chi connectivity index (χ3n) is 6.94. The highest BCUT2D eigenvalue weighted by Gasteiger charge is 2.16. The largest absolute Gasteiger partial charge is 0.456 e. The molecule has 0 radical (unpaired) electrons. The van der Waals surface area contributed by atoms with E-state index in [1.807, 2.05) is 91.0 Å². The van der Waals surface area contributed by atoms with Crippen LogP contribution in [0.25, 0.3) is 78.0 Å². The standard InChI is InChI=1S/C33H19N3O2/c1-2-8-20(9-3-1)31-34-32(21-14-16-29-25(18-21)23-10-4-6-12-27(23)37-29)36-33(35-31)22-15-17-30-26(19-22)24-11-5-7-13-28(24)38-30/h1-19H. The molecule has 0 N–H and O–H groups in total. The number of fused-ring (bicyclic) bond motifs is 6. The highest BCUT2D eigenvalue weighted by molar-refractivity contribution is 6.07. The van der Waals surface area contributed by atoms with Gasteiger partial charge in [-0.15, -0.1) is 0 Å². The van der Waals surface area contributed by atoms with Gasteiger partial charge < -0.3 is 8.83 Å². The summed E-state index contributed by atoms with van der Waals surface area (Å²) in [7, 11) is 0. The van der Waals surface area contributed by atoms with E-state index >= 15 is 0 Å². The minimum Gasteiger partial charge on any atom is -0.456 e. The maximum Gasteiger partial charge on any atom is 0.164 e. The Hall–Kier alpha value is -5.29. The molecular formula is C33H19N3O2. The van der Waals surface area contributed by atoms with Gasteiger partial charge in [0, 0.05) is 38.2 Å². The summed E-state index contributed by atoms with van der Waals surface area (Å²) < 4.78 is 12.1. The number of nitrogens with zero attached hydrogens (tertiary/aromatic N) is 3. The highest BCUT2D eigenvalue weighted by atomic mass is 16.3. The van der Waals surface area contributed by atoms with E-state index in [4.69, 9.17) is 23.8 Å². The lowest BCUT2D eigenvalue weighted by Crippen LogP contribution is -2.00. The minimum absolute atomic E-state index is 0.609. The molecule has 0 spiro atoms. The Morgan fingerprint density at radius 2 is 0.763 bits per heavy atom. The van der Waals surface area contributed by atoms with Crippen molar-refractivity contribution in [3.8, 4) is 34.2 Å². The lowest BCUT2D eigenvalue weighted by atomic mass is 10.1. The van der Waals surface area contributed by atoms with Crippen LogP contribution in [0.5, 0.6) is 0 Å². The fraction of sp³-hybridized carbons (Fsp3) is 0. The SMILES string of the molecule is c1ccc(-c2nc(-c3ccc4oc5ccccc5c4c3)nc(-c3ccc4oc5ccccc5c4c3)n2)cc1. The van der Waals surface area contributed by atoms with E-state index in [2.05, 4.69) is 24.3 Å². The number of para-hydroxylation sites is 2. The summed E-state index contributed by atoms with van der Waals surface area (Å²) in [6, 6.07) is 38.3. The molecule has 5 aromatic carbocycles. The molecular weight excluding hydrogens is 470 g/mol. The van der Waals surface area contributed by atoms with Crippen molar-refractivity contribution in [1.29, 1.82) is 0 Å². The molecule has 5 heteroatoms. The van der Waals surface area contributed by atoms with E-state index in [0.29, 0.717) is 17.5 Å². The monoisotopic (exact) mass is 489 g/mol. The minimum atomic E-state index is 0.609. The first-order chi connectivity index (χ1) is 18.8. The third kappa shape index (κ3) is 3.29. The van der Waals surface area contributed by atoms with Crippen LogP contribution in [0.4, 0.5) is 0 Å². The fourth-order valence-electron chi connectivity index (χ4n) is 5.08. The Morgan fingerprint density at radius 3 is 1.29 bits per heavy atom. The molecule has 0 fully saturated rings. The van der Waals surface area contributed by atoms with Gasteiger partial charge in [0.15, 0.2) is 17.5 Å². The molecule has 8 aromatic rings. The molecule has 8 rings (SSSR count). The predicted molar refractivity (Wildman–Crippen MR) is 151 cm³/mol. The number of benzene rings is 5. The van der Waals surface area contributed by atoms with E-state index in [0.717, 1.165) is 60.6 Å². The quantitative estimate of drug-likeness (QED) is 0.248. The Kier molecular flexibility index (Phi) is 4.45. The lowest BCUT2D eigenvalue weighted by molar-refractivity contribution is 0.668. The summed E-state index contributed by atoms with van der Waals surface area (Å²) >= 11 is 0. The molecule has 3 aromatic heterocycles. The maximum absolute atomic E-state index is 6.04. The predicted octanol–water partition coefficient (Wildman–Crippen LogP) is 8.67. The molecule has 0 amide bonds. The molecule has 178 valence electrons. The summed E-state index contributed by atoms with van der Waals surface area (Å²) in [5.74, 6) is 1.84. The van der Waals surface area contributed by atoms with Crippen LogP contribution in [0.1, 0.15) is 0 Å². The number of rotatable bonds is 3. The topological polar surface area (TPSA) is 65.0 Å². The van der Waals surface area contributed by atoms with Crippen LogP contribution in [0.3, 0.4) is 0 Å². The van der Waals surface area contributed by atoms with E-state index in [-0.39, 0.29) is 0 Å². The van der Waals surface area contributed by atoms with Crippen molar-refractivity contribution in [3.05, 3.63) is 115 Å². The second-order valence-corrected chi connectivity index (χ2v) is 9.29. The van der Waals surface area contributed by atoms with Crippen LogP contribution in [0, 0.1) is 0 Å². The van der Waals surface area contributed by atoms with E-state index in [9.17, 15) is 0 Å². The van der Waals surface area contributed by atoms with Gasteiger partial charge in [-0.25, -0.2) is 15.0 Å². The number of hydrogen-bond acceptors (Lipinski definition) is 5. The van der Waals surface area contributed by atoms with Crippen molar-refractivity contribution >= 4 is 43.9 Å². The van der Waals surface area contributed by atoms with Gasteiger partial charge in [0.1, 0.15) is 22.3 Å². The van der Waals surface area contributed by atoms with E-state index < -0.39 is 0 Å². The van der Waals surface area contributed by atoms with Crippen LogP contribution in [0.2, 0.25) is 0 Å². The molecule has 0 bridgehead atoms. The molecule has 0 aliphatic carbocycles. The maximum atomic E-state index is 6.04. The Balaban J connectivity index is 1.35. The first-order valence-electron chi connectivity index (χ1n) is 12.4. The van der Waals surface area contributed by atoms with Gasteiger partial charge in [0.05, 0.1) is 0 Å². The molecule has 0 unspecified atom stereocenters. The highest BCUT2D eigenvalue weighted by Crippen LogP contribution is 2.34. The van der Waals surface area contributed by atoms with Crippen molar-refractivity contribution in [2.24, 2.45) is 0 Å². The smallest absolute Gasteiger partial charge is 0.164 e. The second kappa shape index (κ2) is 8.11. The number of furan rings is 2. The summed E-state index contributed by atoms with van der Waals surface area (Å²) in [6.45, 7) is 0. The molecule has 0 saturated carbocycles. The van der Waals surface area contributed by atoms with Crippen molar-refractivity contribution < 1.29 is 8.83 Å². The normalized spacial score (nSPS) is 11.7. The fourth-order valence-corrected chi connectivity index (χ4v) is 5.08. The molecule has 0 saturated heterocycles. The van der Waals surface area contributed by atoms with Gasteiger partial charge in [0.2, 0.25) is 0 Å². The molecule has 0 atom stereocenters. The molecule has 0 aliphatic rings. The first kappa shape index (κ1) is 20.9. The van der Waals surface area contributed by atoms with Crippen LogP contribution in [-0.2, 0) is 0 Å². The first-order valence-corrected chi connectivity index (χ1v) is 12.4. The summed E-state index contributed by atoms with van der Waals surface area (Å²) in [5.41, 5.74) is 6.14. The molecule has 38 heavy (non-hydrogen) atoms.